The van der Waals surface area contributed by atoms with Crippen LogP contribution in [0.3, 0.4) is 0 Å². The molecule has 0 aliphatic heterocycles. The molecule has 388 valence electrons. The summed E-state index contributed by atoms with van der Waals surface area (Å²) in [7, 11) is 0. The first-order valence-corrected chi connectivity index (χ1v) is 28.9. The molecule has 0 saturated carbocycles. The average molecular weight is 1050 g/mol. The van der Waals surface area contributed by atoms with Crippen LogP contribution < -0.4 is 0 Å². The molecule has 0 atom stereocenters. The smallest absolute Gasteiger partial charge is 0.237 e. The molecule has 3 aliphatic rings. The van der Waals surface area contributed by atoms with Gasteiger partial charge in [-0.15, -0.1) is 0 Å². The van der Waals surface area contributed by atoms with Gasteiger partial charge in [0.05, 0.1) is 44.5 Å². The summed E-state index contributed by atoms with van der Waals surface area (Å²) in [6, 6.07) is 84.0. The van der Waals surface area contributed by atoms with E-state index in [4.69, 9.17) is 9.97 Å². The van der Waals surface area contributed by atoms with Gasteiger partial charge in [0.2, 0.25) is 5.95 Å². The van der Waals surface area contributed by atoms with E-state index in [2.05, 4.69) is 280 Å². The fourth-order valence-corrected chi connectivity index (χ4v) is 15.7. The molecule has 0 unspecified atom stereocenters. The normalized spacial score (nSPS) is 15.0. The SMILES string of the molecule is CC1(C)c2ccccc2-c2cc3c4ccccc4n(-c4cc(-c5ccc(-n6c7ccccc7c7cc8c(cc76)C(C)(C)c6ccccc6-8)c6ccccc56)nc(-n5c6ccccc6c6cc7c(cc65)C(C)(C)c5ccccc5-7)n4)c3cc21. The predicted octanol–water partition coefficient (Wildman–Crippen LogP) is 19.5. The molecule has 4 heterocycles. The average Bonchev–Trinajstić information content (AvgIpc) is 3.03. The van der Waals surface area contributed by atoms with Crippen LogP contribution in [0.15, 0.2) is 224 Å². The zero-order chi connectivity index (χ0) is 54.7. The molecule has 0 amide bonds. The van der Waals surface area contributed by atoms with Crippen LogP contribution in [0.1, 0.15) is 74.9 Å². The van der Waals surface area contributed by atoms with Crippen molar-refractivity contribution in [3.8, 4) is 62.1 Å². The van der Waals surface area contributed by atoms with Crippen LogP contribution >= 0.6 is 0 Å². The van der Waals surface area contributed by atoms with E-state index in [0.29, 0.717) is 5.95 Å². The highest BCUT2D eigenvalue weighted by Crippen LogP contribution is 2.55. The minimum absolute atomic E-state index is 0.148. The van der Waals surface area contributed by atoms with Crippen molar-refractivity contribution in [2.24, 2.45) is 0 Å². The van der Waals surface area contributed by atoms with Crippen LogP contribution in [-0.4, -0.2) is 23.7 Å². The maximum Gasteiger partial charge on any atom is 0.237 e. The van der Waals surface area contributed by atoms with Gasteiger partial charge in [0.25, 0.3) is 0 Å². The molecule has 0 bridgehead atoms. The van der Waals surface area contributed by atoms with Gasteiger partial charge in [0.1, 0.15) is 5.82 Å². The van der Waals surface area contributed by atoms with Crippen molar-refractivity contribution in [1.82, 2.24) is 23.7 Å². The zero-order valence-electron chi connectivity index (χ0n) is 46.6. The van der Waals surface area contributed by atoms with Gasteiger partial charge in [-0.3, -0.25) is 9.13 Å². The van der Waals surface area contributed by atoms with Gasteiger partial charge in [-0.2, -0.15) is 4.98 Å². The third-order valence-electron chi connectivity index (χ3n) is 19.7. The molecule has 0 N–H and O–H groups in total. The monoisotopic (exact) mass is 1050 g/mol. The second-order valence-corrected chi connectivity index (χ2v) is 24.9. The lowest BCUT2D eigenvalue weighted by Gasteiger charge is -2.22. The van der Waals surface area contributed by atoms with Crippen LogP contribution in [0.25, 0.3) is 138 Å². The fraction of sp³-hybridized carbons (Fsp3) is 0.117. The van der Waals surface area contributed by atoms with Crippen molar-refractivity contribution in [1.29, 1.82) is 0 Å². The Morgan fingerprint density at radius 2 is 0.634 bits per heavy atom. The third-order valence-corrected chi connectivity index (χ3v) is 19.7. The molecular formula is C77H55N5. The summed E-state index contributed by atoms with van der Waals surface area (Å²) in [6.07, 6.45) is 0. The van der Waals surface area contributed by atoms with Crippen LogP contribution in [0, 0.1) is 0 Å². The molecule has 15 aromatic rings. The van der Waals surface area contributed by atoms with E-state index >= 15 is 0 Å². The second-order valence-electron chi connectivity index (χ2n) is 24.9. The van der Waals surface area contributed by atoms with E-state index in [1.54, 1.807) is 0 Å². The lowest BCUT2D eigenvalue weighted by Crippen LogP contribution is -2.15. The molecule has 3 aliphatic carbocycles. The van der Waals surface area contributed by atoms with Crippen molar-refractivity contribution in [2.75, 3.05) is 0 Å². The highest BCUT2D eigenvalue weighted by molar-refractivity contribution is 6.15. The molecule has 82 heavy (non-hydrogen) atoms. The summed E-state index contributed by atoms with van der Waals surface area (Å²) in [6.45, 7) is 14.2. The largest absolute Gasteiger partial charge is 0.309 e. The molecule has 5 nitrogen and oxygen atoms in total. The Morgan fingerprint density at radius 1 is 0.256 bits per heavy atom. The highest BCUT2D eigenvalue weighted by atomic mass is 15.2. The van der Waals surface area contributed by atoms with Crippen molar-refractivity contribution in [3.63, 3.8) is 0 Å². The zero-order valence-corrected chi connectivity index (χ0v) is 46.6. The number of nitrogens with zero attached hydrogens (tertiary/aromatic N) is 5. The van der Waals surface area contributed by atoms with Gasteiger partial charge in [-0.1, -0.05) is 199 Å². The standard InChI is InChI=1S/C77H55N5/c1-75(2)59-29-15-9-22-45(59)53-37-56-50-26-12-18-32-66(50)80(70(56)40-62(53)75)69-36-35-48(44-21-7-8-25-49(44)69)65-43-73(81-67-33-19-13-27-51(67)57-38-54-46-23-10-16-30-60(46)76(3,4)63(54)41-71(57)81)79-74(78-65)82-68-34-20-14-28-52(68)58-39-55-47-24-11-17-31-61(47)77(5,6)64(55)42-72(58)82/h7-43H,1-6H3. The van der Waals surface area contributed by atoms with Gasteiger partial charge in [0.15, 0.2) is 0 Å². The van der Waals surface area contributed by atoms with Gasteiger partial charge in [0, 0.05) is 65.6 Å². The van der Waals surface area contributed by atoms with Gasteiger partial charge >= 0.3 is 0 Å². The van der Waals surface area contributed by atoms with Gasteiger partial charge in [-0.05, 0) is 133 Å². The minimum atomic E-state index is -0.204. The summed E-state index contributed by atoms with van der Waals surface area (Å²) >= 11 is 0. The van der Waals surface area contributed by atoms with Crippen LogP contribution in [-0.2, 0) is 16.2 Å². The Balaban J connectivity index is 0.921. The Morgan fingerprint density at radius 3 is 1.12 bits per heavy atom. The third kappa shape index (κ3) is 5.82. The van der Waals surface area contributed by atoms with Crippen LogP contribution in [0.4, 0.5) is 0 Å². The van der Waals surface area contributed by atoms with Gasteiger partial charge < -0.3 is 4.57 Å². The van der Waals surface area contributed by atoms with Gasteiger partial charge in [-0.25, -0.2) is 4.98 Å². The summed E-state index contributed by atoms with van der Waals surface area (Å²) in [5.74, 6) is 1.44. The number of hydrogen-bond acceptors (Lipinski definition) is 2. The molecule has 18 rings (SSSR count). The number of aromatic nitrogens is 5. The lowest BCUT2D eigenvalue weighted by molar-refractivity contribution is 0.661. The predicted molar refractivity (Wildman–Crippen MR) is 341 cm³/mol. The molecule has 4 aromatic heterocycles. The number of benzene rings is 11. The Hall–Kier alpha value is -9.84. The molecular weight excluding hydrogens is 995 g/mol. The first kappa shape index (κ1) is 46.0. The molecule has 0 radical (unpaired) electrons. The maximum atomic E-state index is 5.86. The maximum absolute atomic E-state index is 5.86. The molecule has 5 heteroatoms. The Kier molecular flexibility index (Phi) is 8.83. The van der Waals surface area contributed by atoms with Crippen molar-refractivity contribution in [2.45, 2.75) is 57.8 Å². The second kappa shape index (κ2) is 15.7. The molecule has 0 spiro atoms. The summed E-state index contributed by atoms with van der Waals surface area (Å²) in [5.41, 5.74) is 25.2. The van der Waals surface area contributed by atoms with Crippen molar-refractivity contribution in [3.05, 3.63) is 258 Å². The van der Waals surface area contributed by atoms with E-state index in [1.807, 2.05) is 0 Å². The lowest BCUT2D eigenvalue weighted by atomic mass is 9.82. The molecule has 0 fully saturated rings. The summed E-state index contributed by atoms with van der Waals surface area (Å²) < 4.78 is 7.27. The topological polar surface area (TPSA) is 40.6 Å². The number of rotatable bonds is 4. The fourth-order valence-electron chi connectivity index (χ4n) is 15.7. The van der Waals surface area contributed by atoms with Crippen LogP contribution in [0.5, 0.6) is 0 Å². The molecule has 0 saturated heterocycles. The summed E-state index contributed by atoms with van der Waals surface area (Å²) in [5, 5.41) is 9.53. The number of para-hydroxylation sites is 3. The van der Waals surface area contributed by atoms with E-state index in [1.165, 1.54) is 110 Å². The van der Waals surface area contributed by atoms with E-state index in [-0.39, 0.29) is 16.2 Å². The quantitative estimate of drug-likeness (QED) is 0.176. The first-order chi connectivity index (χ1) is 39.9. The first-order valence-electron chi connectivity index (χ1n) is 28.9. The van der Waals surface area contributed by atoms with Crippen LogP contribution in [0.2, 0.25) is 0 Å². The summed E-state index contributed by atoms with van der Waals surface area (Å²) in [4.78, 5) is 11.7. The number of hydrogen-bond donors (Lipinski definition) is 0. The van der Waals surface area contributed by atoms with Crippen molar-refractivity contribution < 1.29 is 0 Å². The Labute approximate surface area is 475 Å². The van der Waals surface area contributed by atoms with E-state index in [9.17, 15) is 0 Å². The van der Waals surface area contributed by atoms with E-state index in [0.717, 1.165) is 55.6 Å². The van der Waals surface area contributed by atoms with Crippen molar-refractivity contribution >= 4 is 76.2 Å². The number of fused-ring (bicyclic) bond motifs is 19. The van der Waals surface area contributed by atoms with E-state index < -0.39 is 0 Å². The Bertz CT molecular complexity index is 5180. The minimum Gasteiger partial charge on any atom is -0.309 e. The molecule has 11 aromatic carbocycles. The highest BCUT2D eigenvalue weighted by Gasteiger charge is 2.39.